The van der Waals surface area contributed by atoms with Crippen LogP contribution in [0.15, 0.2) is 193 Å². The molecule has 1 aliphatic carbocycles. The molecule has 258 valence electrons. The molecule has 10 rings (SSSR count). The SMILES string of the molecule is C[C@@]1(c2ccc(-c3ccccc3)cc2)C=C(c2ccc(-n3c4ccccc4c4c5ccccc5nc(-c5ccccc5)c43)cc2)N=C(C2C=CC=CC2)N1. The maximum Gasteiger partial charge on any atom is 0.110 e. The van der Waals surface area contributed by atoms with Gasteiger partial charge in [0.25, 0.3) is 0 Å². The van der Waals surface area contributed by atoms with Gasteiger partial charge in [0.05, 0.1) is 33.5 Å². The molecule has 0 amide bonds. The maximum atomic E-state index is 5.31. The molecule has 0 spiro atoms. The van der Waals surface area contributed by atoms with E-state index in [2.05, 4.69) is 205 Å². The number of amidine groups is 1. The first-order valence-corrected chi connectivity index (χ1v) is 18.7. The van der Waals surface area contributed by atoms with Gasteiger partial charge in [0.15, 0.2) is 0 Å². The van der Waals surface area contributed by atoms with E-state index in [1.807, 2.05) is 0 Å². The van der Waals surface area contributed by atoms with Crippen LogP contribution in [0.3, 0.4) is 0 Å². The normalized spacial score (nSPS) is 18.1. The molecule has 6 aromatic carbocycles. The number of allylic oxidation sites excluding steroid dienone is 3. The Morgan fingerprint density at radius 1 is 0.630 bits per heavy atom. The summed E-state index contributed by atoms with van der Waals surface area (Å²) in [6.45, 7) is 2.26. The first-order chi connectivity index (χ1) is 26.6. The minimum Gasteiger partial charge on any atom is -0.360 e. The van der Waals surface area contributed by atoms with Gasteiger partial charge in [-0.25, -0.2) is 9.98 Å². The van der Waals surface area contributed by atoms with E-state index in [9.17, 15) is 0 Å². The van der Waals surface area contributed by atoms with Crippen molar-refractivity contribution in [2.45, 2.75) is 18.9 Å². The summed E-state index contributed by atoms with van der Waals surface area (Å²) < 4.78 is 2.39. The average Bonchev–Trinajstić information content (AvgIpc) is 3.60. The van der Waals surface area contributed by atoms with Crippen molar-refractivity contribution in [1.29, 1.82) is 0 Å². The fourth-order valence-electron chi connectivity index (χ4n) is 8.21. The van der Waals surface area contributed by atoms with Crippen LogP contribution in [0.2, 0.25) is 0 Å². The molecular formula is C50H38N4. The van der Waals surface area contributed by atoms with E-state index in [1.165, 1.54) is 27.5 Å². The molecule has 0 saturated heterocycles. The highest BCUT2D eigenvalue weighted by Gasteiger charge is 2.32. The van der Waals surface area contributed by atoms with Crippen LogP contribution in [0.1, 0.15) is 24.5 Å². The average molecular weight is 695 g/mol. The summed E-state index contributed by atoms with van der Waals surface area (Å²) in [5.41, 5.74) is 11.6. The molecule has 1 N–H and O–H groups in total. The minimum atomic E-state index is -0.459. The first-order valence-electron chi connectivity index (χ1n) is 18.7. The van der Waals surface area contributed by atoms with Crippen molar-refractivity contribution in [3.63, 3.8) is 0 Å². The van der Waals surface area contributed by atoms with Crippen LogP contribution in [-0.2, 0) is 5.54 Å². The Bertz CT molecular complexity index is 2810. The third kappa shape index (κ3) is 5.46. The van der Waals surface area contributed by atoms with Crippen LogP contribution < -0.4 is 5.32 Å². The molecule has 4 nitrogen and oxygen atoms in total. The summed E-state index contributed by atoms with van der Waals surface area (Å²) in [6.07, 6.45) is 11.9. The van der Waals surface area contributed by atoms with Crippen LogP contribution in [-0.4, -0.2) is 15.4 Å². The largest absolute Gasteiger partial charge is 0.360 e. The quantitative estimate of drug-likeness (QED) is 0.188. The van der Waals surface area contributed by atoms with Gasteiger partial charge in [0.1, 0.15) is 5.84 Å². The zero-order chi connectivity index (χ0) is 36.1. The first kappa shape index (κ1) is 31.9. The predicted octanol–water partition coefficient (Wildman–Crippen LogP) is 12.1. The highest BCUT2D eigenvalue weighted by molar-refractivity contribution is 6.23. The molecule has 54 heavy (non-hydrogen) atoms. The van der Waals surface area contributed by atoms with Gasteiger partial charge in [-0.2, -0.15) is 0 Å². The number of aromatic nitrogens is 2. The second-order valence-corrected chi connectivity index (χ2v) is 14.4. The Hall–Kier alpha value is -6.78. The molecule has 3 heterocycles. The number of para-hydroxylation sites is 2. The zero-order valence-electron chi connectivity index (χ0n) is 30.0. The third-order valence-electron chi connectivity index (χ3n) is 11.0. The molecular weight excluding hydrogens is 657 g/mol. The number of nitrogens with zero attached hydrogens (tertiary/aromatic N) is 3. The van der Waals surface area contributed by atoms with E-state index in [0.717, 1.165) is 62.4 Å². The molecule has 8 aromatic rings. The van der Waals surface area contributed by atoms with E-state index in [1.54, 1.807) is 0 Å². The van der Waals surface area contributed by atoms with Gasteiger partial charge in [-0.3, -0.25) is 0 Å². The van der Waals surface area contributed by atoms with E-state index < -0.39 is 5.54 Å². The summed E-state index contributed by atoms with van der Waals surface area (Å²) >= 11 is 0. The monoisotopic (exact) mass is 694 g/mol. The Morgan fingerprint density at radius 2 is 1.28 bits per heavy atom. The topological polar surface area (TPSA) is 42.2 Å². The van der Waals surface area contributed by atoms with Crippen molar-refractivity contribution >= 4 is 44.2 Å². The maximum absolute atomic E-state index is 5.31. The lowest BCUT2D eigenvalue weighted by atomic mass is 9.86. The third-order valence-corrected chi connectivity index (χ3v) is 11.0. The lowest BCUT2D eigenvalue weighted by Gasteiger charge is -2.36. The molecule has 2 aliphatic rings. The number of rotatable bonds is 6. The van der Waals surface area contributed by atoms with Gasteiger partial charge in [0, 0.05) is 38.9 Å². The number of pyridine rings is 1. The smallest absolute Gasteiger partial charge is 0.110 e. The summed E-state index contributed by atoms with van der Waals surface area (Å²) in [7, 11) is 0. The summed E-state index contributed by atoms with van der Waals surface area (Å²) in [6, 6.07) is 56.2. The van der Waals surface area contributed by atoms with Gasteiger partial charge in [-0.1, -0.05) is 158 Å². The van der Waals surface area contributed by atoms with Gasteiger partial charge in [0.2, 0.25) is 0 Å². The number of hydrogen-bond donors (Lipinski definition) is 1. The van der Waals surface area contributed by atoms with Crippen LogP contribution in [0.5, 0.6) is 0 Å². The Labute approximate surface area is 315 Å². The molecule has 1 unspecified atom stereocenters. The molecule has 1 aliphatic heterocycles. The minimum absolute atomic E-state index is 0.178. The Kier molecular flexibility index (Phi) is 7.69. The van der Waals surface area contributed by atoms with Crippen molar-refractivity contribution in [1.82, 2.24) is 14.9 Å². The number of benzene rings is 6. The van der Waals surface area contributed by atoms with E-state index >= 15 is 0 Å². The Morgan fingerprint density at radius 3 is 2.02 bits per heavy atom. The lowest BCUT2D eigenvalue weighted by Crippen LogP contribution is -2.46. The van der Waals surface area contributed by atoms with Crippen LogP contribution >= 0.6 is 0 Å². The molecule has 0 radical (unpaired) electrons. The standard InChI is InChI=1S/C50H38N4/c1-50(39-29-25-35(26-30-39)34-15-5-2-6-16-34)33-44(52-49(53-50)38-19-9-4-10-20-38)36-27-31-40(32-28-36)54-45-24-14-12-22-42(45)46-41-21-11-13-23-43(41)51-47(48(46)54)37-17-7-3-8-18-37/h2-19,21-33,38H,20H2,1H3,(H,52,53)/t38?,50-/m0/s1. The fourth-order valence-corrected chi connectivity index (χ4v) is 8.21. The van der Waals surface area contributed by atoms with Crippen molar-refractivity contribution < 1.29 is 0 Å². The molecule has 4 heteroatoms. The molecule has 2 atom stereocenters. The highest BCUT2D eigenvalue weighted by Crippen LogP contribution is 2.41. The van der Waals surface area contributed by atoms with Crippen molar-refractivity contribution in [3.05, 3.63) is 199 Å². The number of nitrogens with one attached hydrogen (secondary N) is 1. The molecule has 2 aromatic heterocycles. The van der Waals surface area contributed by atoms with E-state index in [0.29, 0.717) is 0 Å². The second-order valence-electron chi connectivity index (χ2n) is 14.4. The summed E-state index contributed by atoms with van der Waals surface area (Å²) in [5, 5.41) is 7.45. The fraction of sp³-hybridized carbons (Fsp3) is 0.0800. The number of fused-ring (bicyclic) bond motifs is 5. The van der Waals surface area contributed by atoms with Gasteiger partial charge < -0.3 is 9.88 Å². The zero-order valence-corrected chi connectivity index (χ0v) is 30.0. The number of hydrogen-bond acceptors (Lipinski definition) is 3. The van der Waals surface area contributed by atoms with Crippen molar-refractivity contribution in [2.24, 2.45) is 10.9 Å². The summed E-state index contributed by atoms with van der Waals surface area (Å²) in [4.78, 5) is 10.6. The van der Waals surface area contributed by atoms with Gasteiger partial charge >= 0.3 is 0 Å². The van der Waals surface area contributed by atoms with Crippen LogP contribution in [0.4, 0.5) is 0 Å². The second kappa shape index (κ2) is 13.0. The van der Waals surface area contributed by atoms with Gasteiger partial charge in [-0.15, -0.1) is 0 Å². The highest BCUT2D eigenvalue weighted by atomic mass is 15.1. The van der Waals surface area contributed by atoms with E-state index in [4.69, 9.17) is 9.98 Å². The van der Waals surface area contributed by atoms with E-state index in [-0.39, 0.29) is 5.92 Å². The molecule has 0 fully saturated rings. The van der Waals surface area contributed by atoms with Crippen LogP contribution in [0, 0.1) is 5.92 Å². The predicted molar refractivity (Wildman–Crippen MR) is 226 cm³/mol. The van der Waals surface area contributed by atoms with Gasteiger partial charge in [-0.05, 0) is 60.4 Å². The van der Waals surface area contributed by atoms with Crippen molar-refractivity contribution in [3.8, 4) is 28.1 Å². The molecule has 0 bridgehead atoms. The van der Waals surface area contributed by atoms with Crippen molar-refractivity contribution in [2.75, 3.05) is 0 Å². The molecule has 0 saturated carbocycles. The van der Waals surface area contributed by atoms with Crippen LogP contribution in [0.25, 0.3) is 66.5 Å². The lowest BCUT2D eigenvalue weighted by molar-refractivity contribution is 0.531. The summed E-state index contributed by atoms with van der Waals surface area (Å²) in [5.74, 6) is 1.16. The Balaban J connectivity index is 1.11. The number of aliphatic imine (C=N–C) groups is 1.